The molecule has 1 aromatic rings. The van der Waals surface area contributed by atoms with Crippen molar-refractivity contribution in [3.8, 4) is 0 Å². The van der Waals surface area contributed by atoms with E-state index < -0.39 is 17.9 Å². The van der Waals surface area contributed by atoms with Crippen LogP contribution < -0.4 is 5.32 Å². The molecule has 1 atom stereocenters. The molecule has 0 aliphatic carbocycles. The number of hydrogen-bond acceptors (Lipinski definition) is 4. The number of thioether (sulfide) groups is 1. The zero-order valence-electron chi connectivity index (χ0n) is 10.7. The number of benzene rings is 1. The van der Waals surface area contributed by atoms with E-state index >= 15 is 0 Å². The van der Waals surface area contributed by atoms with Crippen molar-refractivity contribution >= 4 is 28.8 Å². The van der Waals surface area contributed by atoms with Gasteiger partial charge < -0.3 is 10.4 Å². The standard InChI is InChI=1S/C13H15NO4S/c1-8-3-5-10(6-4-8)13(18)19-7-11(12(16)17)14-9(2)15/h3-6,11H,7H2,1-2H3,(H,14,15)(H,16,17). The predicted molar refractivity (Wildman–Crippen MR) is 73.2 cm³/mol. The van der Waals surface area contributed by atoms with E-state index in [1.165, 1.54) is 6.92 Å². The first-order valence-corrected chi connectivity index (χ1v) is 6.62. The molecular formula is C13H15NO4S. The molecule has 6 heteroatoms. The minimum atomic E-state index is -1.15. The number of rotatable bonds is 5. The second-order valence-electron chi connectivity index (χ2n) is 4.06. The summed E-state index contributed by atoms with van der Waals surface area (Å²) in [5, 5.41) is 11.0. The third-order valence-corrected chi connectivity index (χ3v) is 3.34. The van der Waals surface area contributed by atoms with Gasteiger partial charge in [0.05, 0.1) is 0 Å². The Hall–Kier alpha value is -1.82. The molecule has 0 heterocycles. The topological polar surface area (TPSA) is 83.5 Å². The minimum absolute atomic E-state index is 0.00161. The van der Waals surface area contributed by atoms with E-state index in [2.05, 4.69) is 5.32 Å². The van der Waals surface area contributed by atoms with Crippen LogP contribution in [0.25, 0.3) is 0 Å². The summed E-state index contributed by atoms with van der Waals surface area (Å²) in [7, 11) is 0. The normalized spacial score (nSPS) is 11.7. The van der Waals surface area contributed by atoms with E-state index in [1.54, 1.807) is 12.1 Å². The molecule has 0 bridgehead atoms. The molecule has 19 heavy (non-hydrogen) atoms. The molecule has 0 spiro atoms. The number of carbonyl (C=O) groups excluding carboxylic acids is 2. The third-order valence-electron chi connectivity index (χ3n) is 2.34. The average Bonchev–Trinajstić information content (AvgIpc) is 2.34. The van der Waals surface area contributed by atoms with Crippen molar-refractivity contribution < 1.29 is 19.5 Å². The molecule has 1 aromatic carbocycles. The van der Waals surface area contributed by atoms with Crippen molar-refractivity contribution in [1.29, 1.82) is 0 Å². The van der Waals surface area contributed by atoms with Gasteiger partial charge in [-0.3, -0.25) is 9.59 Å². The molecule has 0 aliphatic rings. The summed E-state index contributed by atoms with van der Waals surface area (Å²) >= 11 is 0.879. The lowest BCUT2D eigenvalue weighted by Crippen LogP contribution is -2.41. The number of carboxylic acid groups (broad SMARTS) is 1. The summed E-state index contributed by atoms with van der Waals surface area (Å²) < 4.78 is 0. The Morgan fingerprint density at radius 3 is 2.32 bits per heavy atom. The van der Waals surface area contributed by atoms with Gasteiger partial charge in [-0.2, -0.15) is 0 Å². The molecule has 1 rings (SSSR count). The van der Waals surface area contributed by atoms with Crippen LogP contribution >= 0.6 is 11.8 Å². The van der Waals surface area contributed by atoms with E-state index in [0.717, 1.165) is 17.3 Å². The summed E-state index contributed by atoms with van der Waals surface area (Å²) in [6.07, 6.45) is 0. The Labute approximate surface area is 115 Å². The molecule has 5 nitrogen and oxygen atoms in total. The Kier molecular flexibility index (Phi) is 5.57. The largest absolute Gasteiger partial charge is 0.480 e. The molecule has 0 fully saturated rings. The first-order chi connectivity index (χ1) is 8.90. The number of aryl methyl sites for hydroxylation is 1. The Morgan fingerprint density at radius 2 is 1.84 bits per heavy atom. The van der Waals surface area contributed by atoms with Gasteiger partial charge >= 0.3 is 5.97 Å². The molecule has 0 aliphatic heterocycles. The van der Waals surface area contributed by atoms with Gasteiger partial charge in [-0.05, 0) is 6.92 Å². The molecule has 102 valence electrons. The van der Waals surface area contributed by atoms with Crippen LogP contribution in [-0.4, -0.2) is 33.9 Å². The van der Waals surface area contributed by atoms with E-state index in [9.17, 15) is 14.4 Å². The first kappa shape index (κ1) is 15.2. The van der Waals surface area contributed by atoms with Crippen molar-refractivity contribution in [3.63, 3.8) is 0 Å². The molecular weight excluding hydrogens is 266 g/mol. The number of carbonyl (C=O) groups is 3. The van der Waals surface area contributed by atoms with Gasteiger partial charge in [0.25, 0.3) is 0 Å². The zero-order chi connectivity index (χ0) is 14.4. The van der Waals surface area contributed by atoms with Gasteiger partial charge in [-0.1, -0.05) is 41.6 Å². The fraction of sp³-hybridized carbons (Fsp3) is 0.308. The molecule has 0 saturated carbocycles. The molecule has 0 saturated heterocycles. The number of nitrogens with one attached hydrogen (secondary N) is 1. The average molecular weight is 281 g/mol. The highest BCUT2D eigenvalue weighted by Crippen LogP contribution is 2.14. The van der Waals surface area contributed by atoms with Crippen molar-refractivity contribution in [1.82, 2.24) is 5.32 Å². The maximum Gasteiger partial charge on any atom is 0.327 e. The quantitative estimate of drug-likeness (QED) is 0.853. The van der Waals surface area contributed by atoms with Gasteiger partial charge in [-0.25, -0.2) is 4.79 Å². The molecule has 1 unspecified atom stereocenters. The lowest BCUT2D eigenvalue weighted by atomic mass is 10.2. The lowest BCUT2D eigenvalue weighted by molar-refractivity contribution is -0.140. The van der Waals surface area contributed by atoms with Gasteiger partial charge in [0.15, 0.2) is 0 Å². The monoisotopic (exact) mass is 281 g/mol. The fourth-order valence-electron chi connectivity index (χ4n) is 1.35. The van der Waals surface area contributed by atoms with Gasteiger partial charge in [0.1, 0.15) is 6.04 Å². The van der Waals surface area contributed by atoms with Crippen molar-refractivity contribution in [2.24, 2.45) is 0 Å². The predicted octanol–water partition coefficient (Wildman–Crippen LogP) is 1.46. The molecule has 2 N–H and O–H groups in total. The number of hydrogen-bond donors (Lipinski definition) is 2. The summed E-state index contributed by atoms with van der Waals surface area (Å²) in [6.45, 7) is 3.15. The highest BCUT2D eigenvalue weighted by molar-refractivity contribution is 8.14. The maximum absolute atomic E-state index is 11.8. The van der Waals surface area contributed by atoms with Crippen molar-refractivity contribution in [2.75, 3.05) is 5.75 Å². The van der Waals surface area contributed by atoms with Crippen LogP contribution in [0.5, 0.6) is 0 Å². The van der Waals surface area contributed by atoms with Crippen LogP contribution in [-0.2, 0) is 9.59 Å². The second-order valence-corrected chi connectivity index (χ2v) is 5.05. The molecule has 1 amide bonds. The Balaban J connectivity index is 2.59. The summed E-state index contributed by atoms with van der Waals surface area (Å²) in [5.74, 6) is -1.59. The van der Waals surface area contributed by atoms with Gasteiger partial charge in [-0.15, -0.1) is 0 Å². The van der Waals surface area contributed by atoms with E-state index in [-0.39, 0.29) is 10.9 Å². The zero-order valence-corrected chi connectivity index (χ0v) is 11.5. The molecule has 0 radical (unpaired) electrons. The summed E-state index contributed by atoms with van der Waals surface area (Å²) in [4.78, 5) is 33.6. The van der Waals surface area contributed by atoms with Crippen LogP contribution in [0.2, 0.25) is 0 Å². The van der Waals surface area contributed by atoms with E-state index in [1.807, 2.05) is 19.1 Å². The summed E-state index contributed by atoms with van der Waals surface area (Å²) in [6, 6.07) is 5.96. The fourth-order valence-corrected chi connectivity index (χ4v) is 2.20. The second kappa shape index (κ2) is 6.94. The van der Waals surface area contributed by atoms with Crippen LogP contribution in [0.3, 0.4) is 0 Å². The van der Waals surface area contributed by atoms with Crippen molar-refractivity contribution in [3.05, 3.63) is 35.4 Å². The van der Waals surface area contributed by atoms with Gasteiger partial charge in [0.2, 0.25) is 11.0 Å². The Morgan fingerprint density at radius 1 is 1.26 bits per heavy atom. The smallest absolute Gasteiger partial charge is 0.327 e. The van der Waals surface area contributed by atoms with Crippen LogP contribution in [0, 0.1) is 6.92 Å². The SMILES string of the molecule is CC(=O)NC(CSC(=O)c1ccc(C)cc1)C(=O)O. The van der Waals surface area contributed by atoms with Gasteiger partial charge in [0, 0.05) is 18.2 Å². The van der Waals surface area contributed by atoms with Crippen LogP contribution in [0.4, 0.5) is 0 Å². The number of aliphatic carboxylic acids is 1. The highest BCUT2D eigenvalue weighted by atomic mass is 32.2. The highest BCUT2D eigenvalue weighted by Gasteiger charge is 2.20. The molecule has 0 aromatic heterocycles. The third kappa shape index (κ3) is 5.13. The minimum Gasteiger partial charge on any atom is -0.480 e. The van der Waals surface area contributed by atoms with E-state index in [0.29, 0.717) is 5.56 Å². The van der Waals surface area contributed by atoms with E-state index in [4.69, 9.17) is 5.11 Å². The number of carboxylic acids is 1. The number of amides is 1. The lowest BCUT2D eigenvalue weighted by Gasteiger charge is -2.12. The Bertz CT molecular complexity index is 484. The summed E-state index contributed by atoms with van der Waals surface area (Å²) in [5.41, 5.74) is 1.56. The maximum atomic E-state index is 11.8. The van der Waals surface area contributed by atoms with Crippen LogP contribution in [0.15, 0.2) is 24.3 Å². The van der Waals surface area contributed by atoms with Crippen LogP contribution in [0.1, 0.15) is 22.8 Å². The first-order valence-electron chi connectivity index (χ1n) is 5.64. The van der Waals surface area contributed by atoms with Crippen molar-refractivity contribution in [2.45, 2.75) is 19.9 Å².